The first-order chi connectivity index (χ1) is 11.4. The fraction of sp³-hybridized carbons (Fsp3) is 0.533. The van der Waals surface area contributed by atoms with Gasteiger partial charge >= 0.3 is 7.60 Å². The Kier molecular flexibility index (Phi) is 6.98. The molecule has 2 atom stereocenters. The van der Waals surface area contributed by atoms with Gasteiger partial charge in [-0.15, -0.1) is 0 Å². The third-order valence-electron chi connectivity index (χ3n) is 3.53. The van der Waals surface area contributed by atoms with Gasteiger partial charge in [-0.05, 0) is 38.1 Å². The van der Waals surface area contributed by atoms with Crippen molar-refractivity contribution in [3.05, 3.63) is 28.7 Å². The highest BCUT2D eigenvalue weighted by atomic mass is 79.9. The predicted octanol–water partition coefficient (Wildman–Crippen LogP) is 3.62. The van der Waals surface area contributed by atoms with Crippen LogP contribution in [0.1, 0.15) is 20.3 Å². The number of anilines is 1. The molecule has 1 aliphatic heterocycles. The van der Waals surface area contributed by atoms with Crippen LogP contribution in [0.5, 0.6) is 0 Å². The van der Waals surface area contributed by atoms with Gasteiger partial charge in [-0.1, -0.05) is 15.9 Å². The molecule has 1 N–H and O–H groups in total. The van der Waals surface area contributed by atoms with E-state index in [0.29, 0.717) is 5.69 Å². The molecule has 0 aliphatic carbocycles. The maximum Gasteiger partial charge on any atom is 0.350 e. The summed E-state index contributed by atoms with van der Waals surface area (Å²) >= 11 is 3.34. The number of nitrogens with one attached hydrogen (secondary N) is 1. The van der Waals surface area contributed by atoms with Gasteiger partial charge in [0.15, 0.2) is 6.10 Å². The molecule has 1 saturated heterocycles. The van der Waals surface area contributed by atoms with Crippen LogP contribution in [-0.2, 0) is 23.2 Å². The van der Waals surface area contributed by atoms with Crippen molar-refractivity contribution >= 4 is 35.1 Å². The molecule has 0 unspecified atom stereocenters. The number of hydrogen-bond donors (Lipinski definition) is 1. The second-order valence-corrected chi connectivity index (χ2v) is 8.34. The van der Waals surface area contributed by atoms with Gasteiger partial charge in [-0.3, -0.25) is 14.2 Å². The number of halogens is 1. The van der Waals surface area contributed by atoms with Gasteiger partial charge in [0.25, 0.3) is 5.91 Å². The van der Waals surface area contributed by atoms with Crippen LogP contribution in [0.15, 0.2) is 28.7 Å². The lowest BCUT2D eigenvalue weighted by atomic mass is 10.2. The molecule has 0 saturated carbocycles. The summed E-state index contributed by atoms with van der Waals surface area (Å²) in [6.07, 6.45) is -0.520. The van der Waals surface area contributed by atoms with Crippen molar-refractivity contribution in [3.8, 4) is 0 Å². The maximum atomic E-state index is 12.9. The van der Waals surface area contributed by atoms with Crippen LogP contribution in [0.2, 0.25) is 0 Å². The topological polar surface area (TPSA) is 77.1 Å². The Morgan fingerprint density at radius 1 is 1.33 bits per heavy atom. The fourth-order valence-corrected chi connectivity index (χ4v) is 4.77. The first-order valence-electron chi connectivity index (χ1n) is 7.74. The Morgan fingerprint density at radius 3 is 2.46 bits per heavy atom. The zero-order valence-electron chi connectivity index (χ0n) is 13.9. The molecule has 7 nitrogen and oxygen atoms in total. The van der Waals surface area contributed by atoms with E-state index in [1.54, 1.807) is 33.0 Å². The number of carbonyl (C=O) groups is 1. The molecule has 0 aromatic heterocycles. The summed E-state index contributed by atoms with van der Waals surface area (Å²) in [5.41, 5.74) is 0.663. The van der Waals surface area contributed by atoms with E-state index >= 15 is 0 Å². The van der Waals surface area contributed by atoms with Gasteiger partial charge in [-0.25, -0.2) is 0 Å². The van der Waals surface area contributed by atoms with Crippen molar-refractivity contribution in [3.63, 3.8) is 0 Å². The van der Waals surface area contributed by atoms with Gasteiger partial charge in [-0.2, -0.15) is 5.06 Å². The predicted molar refractivity (Wildman–Crippen MR) is 94.7 cm³/mol. The molecule has 0 bridgehead atoms. The van der Waals surface area contributed by atoms with Crippen LogP contribution in [0, 0.1) is 0 Å². The SMILES string of the molecule is CCOP(=O)(OCC)[C@H]1C[C@H](C(=O)Nc2ccc(Br)cc2)ON1C. The van der Waals surface area contributed by atoms with Crippen molar-refractivity contribution in [2.75, 3.05) is 25.6 Å². The quantitative estimate of drug-likeness (QED) is 0.678. The van der Waals surface area contributed by atoms with Crippen molar-refractivity contribution < 1.29 is 23.2 Å². The van der Waals surface area contributed by atoms with Crippen molar-refractivity contribution in [2.24, 2.45) is 0 Å². The summed E-state index contributed by atoms with van der Waals surface area (Å²) in [5, 5.41) is 4.19. The number of rotatable bonds is 7. The Hall–Kier alpha value is -0.760. The highest BCUT2D eigenvalue weighted by Gasteiger charge is 2.48. The van der Waals surface area contributed by atoms with E-state index in [1.807, 2.05) is 12.1 Å². The van der Waals surface area contributed by atoms with E-state index in [9.17, 15) is 9.36 Å². The average molecular weight is 421 g/mol. The van der Waals surface area contributed by atoms with Gasteiger partial charge in [0.05, 0.1) is 13.2 Å². The first kappa shape index (κ1) is 19.6. The normalized spacial score (nSPS) is 21.8. The molecule has 9 heteroatoms. The third-order valence-corrected chi connectivity index (χ3v) is 6.56. The molecule has 24 heavy (non-hydrogen) atoms. The molecule has 1 aliphatic rings. The van der Waals surface area contributed by atoms with Gasteiger partial charge in [0.1, 0.15) is 5.78 Å². The zero-order chi connectivity index (χ0) is 17.7. The summed E-state index contributed by atoms with van der Waals surface area (Å²) < 4.78 is 24.5. The number of amides is 1. The molecule has 0 radical (unpaired) electrons. The van der Waals surface area contributed by atoms with Crippen LogP contribution >= 0.6 is 23.5 Å². The smallest absolute Gasteiger partial charge is 0.324 e. The number of hydrogen-bond acceptors (Lipinski definition) is 6. The number of nitrogens with zero attached hydrogens (tertiary/aromatic N) is 1. The van der Waals surface area contributed by atoms with Crippen molar-refractivity contribution in [1.29, 1.82) is 0 Å². The number of hydroxylamine groups is 2. The van der Waals surface area contributed by atoms with Crippen molar-refractivity contribution in [2.45, 2.75) is 32.2 Å². The largest absolute Gasteiger partial charge is 0.350 e. The van der Waals surface area contributed by atoms with Gasteiger partial charge in [0, 0.05) is 23.6 Å². The fourth-order valence-electron chi connectivity index (χ4n) is 2.46. The average Bonchev–Trinajstić information content (AvgIpc) is 2.93. The summed E-state index contributed by atoms with van der Waals surface area (Å²) in [6.45, 7) is 4.02. The van der Waals surface area contributed by atoms with Crippen LogP contribution in [0.3, 0.4) is 0 Å². The van der Waals surface area contributed by atoms with E-state index in [1.165, 1.54) is 5.06 Å². The molecular weight excluding hydrogens is 399 g/mol. The first-order valence-corrected chi connectivity index (χ1v) is 10.1. The van der Waals surface area contributed by atoms with E-state index in [2.05, 4.69) is 21.2 Å². The minimum Gasteiger partial charge on any atom is -0.324 e. The molecule has 1 fully saturated rings. The van der Waals surface area contributed by atoms with Crippen molar-refractivity contribution in [1.82, 2.24) is 5.06 Å². The minimum atomic E-state index is -3.37. The maximum absolute atomic E-state index is 12.9. The lowest BCUT2D eigenvalue weighted by molar-refractivity contribution is -0.155. The van der Waals surface area contributed by atoms with E-state index < -0.39 is 19.5 Å². The monoisotopic (exact) mass is 420 g/mol. The Balaban J connectivity index is 2.04. The standard InChI is InChI=1S/C15H22BrN2O5P/c1-4-21-24(20,22-5-2)14-10-13(23-18(14)3)15(19)17-12-8-6-11(16)7-9-12/h6-9,13-14H,4-5,10H2,1-3H3,(H,17,19)/t13-,14+/m1/s1. The summed E-state index contributed by atoms with van der Waals surface area (Å²) in [5.74, 6) is -0.913. The molecule has 1 amide bonds. The van der Waals surface area contributed by atoms with E-state index in [4.69, 9.17) is 13.9 Å². The second-order valence-electron chi connectivity index (χ2n) is 5.23. The summed E-state index contributed by atoms with van der Waals surface area (Å²) in [7, 11) is -1.75. The van der Waals surface area contributed by atoms with E-state index in [0.717, 1.165) is 4.47 Å². The molecule has 1 aromatic rings. The second kappa shape index (κ2) is 8.56. The highest BCUT2D eigenvalue weighted by Crippen LogP contribution is 2.57. The van der Waals surface area contributed by atoms with Crippen LogP contribution in [0.25, 0.3) is 0 Å². The van der Waals surface area contributed by atoms with Gasteiger partial charge < -0.3 is 14.4 Å². The zero-order valence-corrected chi connectivity index (χ0v) is 16.4. The number of carbonyl (C=O) groups excluding carboxylic acids is 1. The molecule has 1 heterocycles. The molecule has 134 valence electrons. The summed E-state index contributed by atoms with van der Waals surface area (Å²) in [4.78, 5) is 17.9. The van der Waals surface area contributed by atoms with Crippen LogP contribution < -0.4 is 5.32 Å². The highest BCUT2D eigenvalue weighted by molar-refractivity contribution is 9.10. The minimum absolute atomic E-state index is 0.232. The molecule has 2 rings (SSSR count). The van der Waals surface area contributed by atoms with Crippen LogP contribution in [0.4, 0.5) is 5.69 Å². The van der Waals surface area contributed by atoms with Crippen LogP contribution in [-0.4, -0.2) is 43.1 Å². The molecular formula is C15H22BrN2O5P. The Labute approximate surface area is 150 Å². The molecule has 0 spiro atoms. The Morgan fingerprint density at radius 2 is 1.92 bits per heavy atom. The summed E-state index contributed by atoms with van der Waals surface area (Å²) in [6, 6.07) is 7.23. The molecule has 1 aromatic carbocycles. The Bertz CT molecular complexity index is 602. The van der Waals surface area contributed by atoms with E-state index in [-0.39, 0.29) is 25.5 Å². The third kappa shape index (κ3) is 4.65. The van der Waals surface area contributed by atoms with Gasteiger partial charge in [0.2, 0.25) is 0 Å². The number of benzene rings is 1. The lowest BCUT2D eigenvalue weighted by Crippen LogP contribution is -2.28. The lowest BCUT2D eigenvalue weighted by Gasteiger charge is -2.25.